The average molecular weight is 304 g/mol. The molecule has 0 amide bonds. The standard InChI is InChI=1S/C15H14ClN3S/c1-7-5-11(6-8(2)17-7)14-18-13(16)12-9(3)10(4)20-15(12)19-14/h5-6H,1-4H3. The minimum atomic E-state index is 0.527. The zero-order valence-corrected chi connectivity index (χ0v) is 13.4. The van der Waals surface area contributed by atoms with Crippen molar-refractivity contribution in [3.63, 3.8) is 0 Å². The van der Waals surface area contributed by atoms with Gasteiger partial charge in [-0.15, -0.1) is 11.3 Å². The smallest absolute Gasteiger partial charge is 0.162 e. The fraction of sp³-hybridized carbons (Fsp3) is 0.267. The number of rotatable bonds is 1. The fourth-order valence-electron chi connectivity index (χ4n) is 2.29. The van der Waals surface area contributed by atoms with Gasteiger partial charge in [0, 0.05) is 21.8 Å². The van der Waals surface area contributed by atoms with E-state index in [9.17, 15) is 0 Å². The Balaban J connectivity index is 2.27. The lowest BCUT2D eigenvalue weighted by Gasteiger charge is -2.04. The number of hydrogen-bond donors (Lipinski definition) is 0. The van der Waals surface area contributed by atoms with Crippen LogP contribution in [0.2, 0.25) is 5.15 Å². The highest BCUT2D eigenvalue weighted by atomic mass is 35.5. The summed E-state index contributed by atoms with van der Waals surface area (Å²) in [6.45, 7) is 8.08. The normalized spacial score (nSPS) is 11.2. The monoisotopic (exact) mass is 303 g/mol. The molecular formula is C15H14ClN3S. The van der Waals surface area contributed by atoms with Crippen molar-refractivity contribution in [1.82, 2.24) is 15.0 Å². The molecule has 102 valence electrons. The van der Waals surface area contributed by atoms with Crippen molar-refractivity contribution in [2.24, 2.45) is 0 Å². The largest absolute Gasteiger partial charge is 0.258 e. The Morgan fingerprint density at radius 2 is 1.60 bits per heavy atom. The van der Waals surface area contributed by atoms with Crippen molar-refractivity contribution in [3.8, 4) is 11.4 Å². The number of aryl methyl sites for hydroxylation is 4. The lowest BCUT2D eigenvalue weighted by molar-refractivity contribution is 1.11. The highest BCUT2D eigenvalue weighted by Crippen LogP contribution is 2.34. The first-order valence-corrected chi connectivity index (χ1v) is 7.54. The first-order chi connectivity index (χ1) is 9.45. The van der Waals surface area contributed by atoms with Crippen LogP contribution in [0.3, 0.4) is 0 Å². The predicted octanol–water partition coefficient (Wildman–Crippen LogP) is 4.64. The molecule has 0 saturated heterocycles. The van der Waals surface area contributed by atoms with E-state index in [4.69, 9.17) is 11.6 Å². The highest BCUT2D eigenvalue weighted by molar-refractivity contribution is 7.18. The van der Waals surface area contributed by atoms with E-state index in [0.29, 0.717) is 11.0 Å². The van der Waals surface area contributed by atoms with Gasteiger partial charge in [-0.1, -0.05) is 11.6 Å². The van der Waals surface area contributed by atoms with Gasteiger partial charge >= 0.3 is 0 Å². The maximum absolute atomic E-state index is 6.35. The van der Waals surface area contributed by atoms with Crippen molar-refractivity contribution in [2.45, 2.75) is 27.7 Å². The molecule has 0 unspecified atom stereocenters. The summed E-state index contributed by atoms with van der Waals surface area (Å²) in [5.41, 5.74) is 4.04. The minimum absolute atomic E-state index is 0.527. The molecule has 5 heteroatoms. The Morgan fingerprint density at radius 1 is 0.950 bits per heavy atom. The Bertz CT molecular complexity index is 803. The molecule has 3 rings (SSSR count). The molecule has 3 nitrogen and oxygen atoms in total. The first-order valence-electron chi connectivity index (χ1n) is 6.34. The van der Waals surface area contributed by atoms with Gasteiger partial charge in [0.25, 0.3) is 0 Å². The van der Waals surface area contributed by atoms with Crippen LogP contribution in [0.1, 0.15) is 21.8 Å². The second-order valence-corrected chi connectivity index (χ2v) is 6.50. The Kier molecular flexibility index (Phi) is 3.22. The molecule has 0 aromatic carbocycles. The third-order valence-electron chi connectivity index (χ3n) is 3.32. The molecule has 3 heterocycles. The van der Waals surface area contributed by atoms with Crippen LogP contribution >= 0.6 is 22.9 Å². The van der Waals surface area contributed by atoms with Gasteiger partial charge in [0.1, 0.15) is 9.98 Å². The van der Waals surface area contributed by atoms with E-state index in [1.54, 1.807) is 11.3 Å². The summed E-state index contributed by atoms with van der Waals surface area (Å²) in [4.78, 5) is 15.7. The summed E-state index contributed by atoms with van der Waals surface area (Å²) in [5.74, 6) is 0.664. The zero-order valence-electron chi connectivity index (χ0n) is 11.8. The molecule has 20 heavy (non-hydrogen) atoms. The predicted molar refractivity (Wildman–Crippen MR) is 84.6 cm³/mol. The zero-order chi connectivity index (χ0) is 14.4. The van der Waals surface area contributed by atoms with Crippen LogP contribution in [-0.4, -0.2) is 15.0 Å². The van der Waals surface area contributed by atoms with Gasteiger partial charge in [0.05, 0.1) is 5.39 Å². The van der Waals surface area contributed by atoms with Crippen LogP contribution in [0.5, 0.6) is 0 Å². The van der Waals surface area contributed by atoms with E-state index >= 15 is 0 Å². The Hall–Kier alpha value is -1.52. The lowest BCUT2D eigenvalue weighted by atomic mass is 10.2. The number of fused-ring (bicyclic) bond motifs is 1. The van der Waals surface area contributed by atoms with Gasteiger partial charge in [0.15, 0.2) is 5.82 Å². The molecule has 0 fully saturated rings. The summed E-state index contributed by atoms with van der Waals surface area (Å²) in [7, 11) is 0. The summed E-state index contributed by atoms with van der Waals surface area (Å²) in [6.07, 6.45) is 0. The minimum Gasteiger partial charge on any atom is -0.258 e. The molecule has 0 bridgehead atoms. The third-order valence-corrected chi connectivity index (χ3v) is 4.70. The van der Waals surface area contributed by atoms with Gasteiger partial charge in [-0.2, -0.15) is 0 Å². The first kappa shape index (κ1) is 13.5. The average Bonchev–Trinajstić information content (AvgIpc) is 2.64. The molecule has 0 N–H and O–H groups in total. The summed E-state index contributed by atoms with van der Waals surface area (Å²) in [6, 6.07) is 3.97. The van der Waals surface area contributed by atoms with E-state index < -0.39 is 0 Å². The van der Waals surface area contributed by atoms with Crippen molar-refractivity contribution in [1.29, 1.82) is 0 Å². The van der Waals surface area contributed by atoms with Crippen molar-refractivity contribution >= 4 is 33.2 Å². The molecule has 0 radical (unpaired) electrons. The highest BCUT2D eigenvalue weighted by Gasteiger charge is 2.14. The van der Waals surface area contributed by atoms with Gasteiger partial charge in [-0.25, -0.2) is 9.97 Å². The van der Waals surface area contributed by atoms with Gasteiger partial charge in [-0.3, -0.25) is 4.98 Å². The van der Waals surface area contributed by atoms with Crippen LogP contribution < -0.4 is 0 Å². The molecule has 0 saturated carbocycles. The molecule has 0 aliphatic heterocycles. The molecule has 0 aliphatic carbocycles. The number of pyridine rings is 1. The van der Waals surface area contributed by atoms with Crippen LogP contribution in [0, 0.1) is 27.7 Å². The number of thiophene rings is 1. The molecular weight excluding hydrogens is 290 g/mol. The van der Waals surface area contributed by atoms with Gasteiger partial charge < -0.3 is 0 Å². The van der Waals surface area contributed by atoms with Crippen LogP contribution in [-0.2, 0) is 0 Å². The molecule has 3 aromatic rings. The summed E-state index contributed by atoms with van der Waals surface area (Å²) < 4.78 is 0. The summed E-state index contributed by atoms with van der Waals surface area (Å²) >= 11 is 8.01. The van der Waals surface area contributed by atoms with Crippen LogP contribution in [0.4, 0.5) is 0 Å². The number of nitrogens with zero attached hydrogens (tertiary/aromatic N) is 3. The fourth-order valence-corrected chi connectivity index (χ4v) is 3.69. The number of hydrogen-bond acceptors (Lipinski definition) is 4. The van der Waals surface area contributed by atoms with Crippen molar-refractivity contribution in [3.05, 3.63) is 39.1 Å². The molecule has 0 atom stereocenters. The second kappa shape index (κ2) is 4.79. The number of aromatic nitrogens is 3. The molecule has 0 aliphatic rings. The molecule has 3 aromatic heterocycles. The topological polar surface area (TPSA) is 38.7 Å². The SMILES string of the molecule is Cc1cc(-c2nc(Cl)c3c(C)c(C)sc3n2)cc(C)n1. The van der Waals surface area contributed by atoms with Gasteiger partial charge in [0.2, 0.25) is 0 Å². The summed E-state index contributed by atoms with van der Waals surface area (Å²) in [5, 5.41) is 1.50. The number of halogens is 1. The van der Waals surface area contributed by atoms with Gasteiger partial charge in [-0.05, 0) is 45.4 Å². The Labute approximate surface area is 126 Å². The molecule has 0 spiro atoms. The lowest BCUT2D eigenvalue weighted by Crippen LogP contribution is -1.94. The third kappa shape index (κ3) is 2.19. The Morgan fingerprint density at radius 3 is 2.25 bits per heavy atom. The second-order valence-electron chi connectivity index (χ2n) is 4.94. The van der Waals surface area contributed by atoms with Crippen molar-refractivity contribution < 1.29 is 0 Å². The van der Waals surface area contributed by atoms with Crippen LogP contribution in [0.15, 0.2) is 12.1 Å². The van der Waals surface area contributed by atoms with E-state index in [2.05, 4.69) is 28.8 Å². The quantitative estimate of drug-likeness (QED) is 0.615. The van der Waals surface area contributed by atoms with E-state index in [1.807, 2.05) is 26.0 Å². The van der Waals surface area contributed by atoms with E-state index in [0.717, 1.165) is 27.2 Å². The maximum Gasteiger partial charge on any atom is 0.162 e. The van der Waals surface area contributed by atoms with Crippen molar-refractivity contribution in [2.75, 3.05) is 0 Å². The van der Waals surface area contributed by atoms with E-state index in [-0.39, 0.29) is 0 Å². The van der Waals surface area contributed by atoms with E-state index in [1.165, 1.54) is 10.4 Å². The maximum atomic E-state index is 6.35. The van der Waals surface area contributed by atoms with Crippen LogP contribution in [0.25, 0.3) is 21.6 Å².